The Morgan fingerprint density at radius 2 is 1.81 bits per heavy atom. The topological polar surface area (TPSA) is 88.9 Å². The lowest BCUT2D eigenvalue weighted by molar-refractivity contribution is -0.113. The van der Waals surface area contributed by atoms with Crippen LogP contribution in [0.2, 0.25) is 5.02 Å². The number of aromatic nitrogens is 3. The first kappa shape index (κ1) is 23.3. The van der Waals surface area contributed by atoms with E-state index in [2.05, 4.69) is 36.8 Å². The van der Waals surface area contributed by atoms with Gasteiger partial charge in [0, 0.05) is 27.3 Å². The summed E-state index contributed by atoms with van der Waals surface area (Å²) in [4.78, 5) is 24.8. The van der Waals surface area contributed by atoms with Crippen LogP contribution in [-0.4, -0.2) is 32.3 Å². The van der Waals surface area contributed by atoms with Gasteiger partial charge in [0.25, 0.3) is 5.91 Å². The first-order chi connectivity index (χ1) is 14.9. The first-order valence-corrected chi connectivity index (χ1v) is 11.7. The Labute approximate surface area is 198 Å². The van der Waals surface area contributed by atoms with Gasteiger partial charge in [0.05, 0.1) is 11.8 Å². The number of rotatable bonds is 8. The molecule has 3 rings (SSSR count). The highest BCUT2D eigenvalue weighted by Gasteiger charge is 2.20. The Hall–Kier alpha value is -2.36. The number of benzene rings is 2. The number of amides is 2. The number of nitrogens with one attached hydrogen (secondary N) is 2. The lowest BCUT2D eigenvalue weighted by Crippen LogP contribution is -2.28. The van der Waals surface area contributed by atoms with Gasteiger partial charge >= 0.3 is 0 Å². The zero-order valence-electron chi connectivity index (χ0n) is 16.9. The zero-order chi connectivity index (χ0) is 22.4. The molecule has 0 aliphatic heterocycles. The molecule has 3 aromatic rings. The Balaban J connectivity index is 1.61. The third kappa shape index (κ3) is 6.32. The van der Waals surface area contributed by atoms with Gasteiger partial charge in [-0.2, -0.15) is 0 Å². The van der Waals surface area contributed by atoms with Gasteiger partial charge < -0.3 is 15.2 Å². The maximum Gasteiger partial charge on any atom is 0.251 e. The van der Waals surface area contributed by atoms with Crippen LogP contribution in [0.1, 0.15) is 36.1 Å². The van der Waals surface area contributed by atoms with Crippen LogP contribution in [0, 0.1) is 0 Å². The summed E-state index contributed by atoms with van der Waals surface area (Å²) in [7, 11) is 0. The van der Waals surface area contributed by atoms with Crippen molar-refractivity contribution in [3.8, 4) is 0 Å². The summed E-state index contributed by atoms with van der Waals surface area (Å²) in [6.45, 7) is 4.42. The van der Waals surface area contributed by atoms with E-state index < -0.39 is 0 Å². The molecule has 7 nitrogen and oxygen atoms in total. The van der Waals surface area contributed by atoms with Crippen LogP contribution < -0.4 is 10.6 Å². The van der Waals surface area contributed by atoms with Gasteiger partial charge in [0.2, 0.25) is 5.91 Å². The Morgan fingerprint density at radius 3 is 2.45 bits per heavy atom. The highest BCUT2D eigenvalue weighted by atomic mass is 79.9. The van der Waals surface area contributed by atoms with Crippen LogP contribution in [-0.2, 0) is 11.3 Å². The average molecular weight is 523 g/mol. The fourth-order valence-corrected chi connectivity index (χ4v) is 4.03. The van der Waals surface area contributed by atoms with Crippen molar-refractivity contribution in [2.75, 3.05) is 11.1 Å². The molecular weight excluding hydrogens is 502 g/mol. The van der Waals surface area contributed by atoms with E-state index in [9.17, 15) is 9.59 Å². The number of anilines is 1. The first-order valence-electron chi connectivity index (χ1n) is 9.55. The molecule has 1 atom stereocenters. The normalized spacial score (nSPS) is 11.7. The zero-order valence-corrected chi connectivity index (χ0v) is 20.1. The molecule has 0 fully saturated rings. The number of thioether (sulfide) groups is 1. The number of hydrogen-bond donors (Lipinski definition) is 2. The van der Waals surface area contributed by atoms with Crippen molar-refractivity contribution < 1.29 is 9.59 Å². The lowest BCUT2D eigenvalue weighted by atomic mass is 10.2. The van der Waals surface area contributed by atoms with Gasteiger partial charge in [-0.1, -0.05) is 39.3 Å². The molecule has 0 saturated heterocycles. The standard InChI is InChI=1S/C21H21BrClN5O2S/c1-3-28-19(13(2)24-20(30)14-4-8-16(23)9-5-14)26-27-21(28)31-12-18(29)25-17-10-6-15(22)7-11-17/h4-11,13H,3,12H2,1-2H3,(H,24,30)(H,25,29)/t13-/m1/s1. The van der Waals surface area contributed by atoms with Crippen molar-refractivity contribution in [3.63, 3.8) is 0 Å². The smallest absolute Gasteiger partial charge is 0.251 e. The van der Waals surface area contributed by atoms with Crippen molar-refractivity contribution in [1.29, 1.82) is 0 Å². The minimum absolute atomic E-state index is 0.136. The summed E-state index contributed by atoms with van der Waals surface area (Å²) in [5.74, 6) is 0.460. The second-order valence-corrected chi connectivity index (χ2v) is 8.93. The van der Waals surface area contributed by atoms with Gasteiger partial charge in [0.15, 0.2) is 11.0 Å². The molecule has 0 aliphatic carbocycles. The van der Waals surface area contributed by atoms with Crippen molar-refractivity contribution in [2.24, 2.45) is 0 Å². The van der Waals surface area contributed by atoms with Crippen LogP contribution in [0.3, 0.4) is 0 Å². The Kier molecular flexibility index (Phi) is 8.11. The molecule has 0 bridgehead atoms. The van der Waals surface area contributed by atoms with E-state index in [0.29, 0.717) is 28.1 Å². The second-order valence-electron chi connectivity index (χ2n) is 6.63. The van der Waals surface area contributed by atoms with E-state index in [1.807, 2.05) is 42.7 Å². The van der Waals surface area contributed by atoms with Gasteiger partial charge in [-0.3, -0.25) is 9.59 Å². The largest absolute Gasteiger partial charge is 0.342 e. The Morgan fingerprint density at radius 1 is 1.13 bits per heavy atom. The summed E-state index contributed by atoms with van der Waals surface area (Å²) >= 11 is 10.5. The minimum atomic E-state index is -0.360. The highest BCUT2D eigenvalue weighted by molar-refractivity contribution is 9.10. The van der Waals surface area contributed by atoms with Crippen LogP contribution >= 0.6 is 39.3 Å². The van der Waals surface area contributed by atoms with E-state index >= 15 is 0 Å². The van der Waals surface area contributed by atoms with Crippen LogP contribution in [0.5, 0.6) is 0 Å². The predicted molar refractivity (Wildman–Crippen MR) is 127 cm³/mol. The maximum absolute atomic E-state index is 12.5. The maximum atomic E-state index is 12.5. The molecule has 2 N–H and O–H groups in total. The van der Waals surface area contributed by atoms with Crippen molar-refractivity contribution >= 4 is 56.8 Å². The summed E-state index contributed by atoms with van der Waals surface area (Å²) in [6.07, 6.45) is 0. The average Bonchev–Trinajstić information content (AvgIpc) is 3.17. The second kappa shape index (κ2) is 10.8. The third-order valence-electron chi connectivity index (χ3n) is 4.36. The summed E-state index contributed by atoms with van der Waals surface area (Å²) in [5, 5.41) is 15.4. The fraction of sp³-hybridized carbons (Fsp3) is 0.238. The van der Waals surface area contributed by atoms with E-state index in [4.69, 9.17) is 11.6 Å². The van der Waals surface area contributed by atoms with E-state index in [1.54, 1.807) is 24.3 Å². The number of halogens is 2. The number of carbonyl (C=O) groups excluding carboxylic acids is 2. The highest BCUT2D eigenvalue weighted by Crippen LogP contribution is 2.22. The molecule has 2 aromatic carbocycles. The molecular formula is C21H21BrClN5O2S. The molecule has 1 heterocycles. The fourth-order valence-electron chi connectivity index (χ4n) is 2.83. The molecule has 0 saturated carbocycles. The quantitative estimate of drug-likeness (QED) is 0.409. The van der Waals surface area contributed by atoms with E-state index in [1.165, 1.54) is 11.8 Å². The molecule has 10 heteroatoms. The molecule has 162 valence electrons. The van der Waals surface area contributed by atoms with Crippen LogP contribution in [0.25, 0.3) is 0 Å². The van der Waals surface area contributed by atoms with E-state index in [-0.39, 0.29) is 23.6 Å². The number of nitrogens with zero attached hydrogens (tertiary/aromatic N) is 3. The summed E-state index contributed by atoms with van der Waals surface area (Å²) in [6, 6.07) is 13.7. The lowest BCUT2D eigenvalue weighted by Gasteiger charge is -2.15. The summed E-state index contributed by atoms with van der Waals surface area (Å²) in [5.41, 5.74) is 1.24. The Bertz CT molecular complexity index is 1060. The van der Waals surface area contributed by atoms with Crippen molar-refractivity contribution in [1.82, 2.24) is 20.1 Å². The van der Waals surface area contributed by atoms with Gasteiger partial charge in [0.1, 0.15) is 0 Å². The third-order valence-corrected chi connectivity index (χ3v) is 6.11. The van der Waals surface area contributed by atoms with E-state index in [0.717, 1.165) is 10.2 Å². The predicted octanol–water partition coefficient (Wildman–Crippen LogP) is 4.94. The summed E-state index contributed by atoms with van der Waals surface area (Å²) < 4.78 is 2.84. The van der Waals surface area contributed by atoms with Gasteiger partial charge in [-0.05, 0) is 62.4 Å². The van der Waals surface area contributed by atoms with Gasteiger partial charge in [-0.15, -0.1) is 10.2 Å². The molecule has 0 spiro atoms. The number of carbonyl (C=O) groups is 2. The minimum Gasteiger partial charge on any atom is -0.342 e. The van der Waals surface area contributed by atoms with Crippen LogP contribution in [0.4, 0.5) is 5.69 Å². The SMILES string of the molecule is CCn1c(SCC(=O)Nc2ccc(Br)cc2)nnc1[C@@H](C)NC(=O)c1ccc(Cl)cc1. The van der Waals surface area contributed by atoms with Gasteiger partial charge in [-0.25, -0.2) is 0 Å². The molecule has 31 heavy (non-hydrogen) atoms. The monoisotopic (exact) mass is 521 g/mol. The van der Waals surface area contributed by atoms with Crippen molar-refractivity contribution in [2.45, 2.75) is 31.6 Å². The molecule has 0 aliphatic rings. The molecule has 1 aromatic heterocycles. The molecule has 0 radical (unpaired) electrons. The number of hydrogen-bond acceptors (Lipinski definition) is 5. The van der Waals surface area contributed by atoms with Crippen LogP contribution in [0.15, 0.2) is 58.2 Å². The molecule has 2 amide bonds. The molecule has 0 unspecified atom stereocenters. The van der Waals surface area contributed by atoms with Crippen molar-refractivity contribution in [3.05, 3.63) is 69.4 Å².